The summed E-state index contributed by atoms with van der Waals surface area (Å²) in [5.74, 6) is -0.876. The molecule has 4 nitrogen and oxygen atoms in total. The van der Waals surface area contributed by atoms with Gasteiger partial charge >= 0.3 is 5.97 Å². The summed E-state index contributed by atoms with van der Waals surface area (Å²) in [6.07, 6.45) is 0.146. The number of carboxylic acids is 1. The van der Waals surface area contributed by atoms with E-state index in [9.17, 15) is 14.5 Å². The summed E-state index contributed by atoms with van der Waals surface area (Å²) in [6, 6.07) is 2.93. The van der Waals surface area contributed by atoms with E-state index in [0.717, 1.165) is 0 Å². The largest absolute Gasteiger partial charge is 0.492 e. The standard InChI is InChI=1S/C10H8Cl2O4S/c11-5-3-6-8(7(12)4-5)16-2-1-10(6,17-15)9(13)14/h3-4,15H,1-2H2,(H,13,14)/t10-/m0/s1. The van der Waals surface area contributed by atoms with E-state index >= 15 is 0 Å². The molecule has 0 aliphatic carbocycles. The molecule has 2 rings (SSSR count). The van der Waals surface area contributed by atoms with Gasteiger partial charge in [0.2, 0.25) is 0 Å². The molecule has 0 fully saturated rings. The molecular weight excluding hydrogens is 287 g/mol. The Morgan fingerprint density at radius 2 is 2.18 bits per heavy atom. The Balaban J connectivity index is 2.68. The van der Waals surface area contributed by atoms with Crippen LogP contribution in [0.4, 0.5) is 0 Å². The van der Waals surface area contributed by atoms with E-state index in [2.05, 4.69) is 0 Å². The topological polar surface area (TPSA) is 66.8 Å². The number of carbonyl (C=O) groups is 1. The number of ether oxygens (including phenoxy) is 1. The van der Waals surface area contributed by atoms with Crippen LogP contribution >= 0.6 is 35.2 Å². The summed E-state index contributed by atoms with van der Waals surface area (Å²) < 4.78 is 13.2. The average molecular weight is 295 g/mol. The Kier molecular flexibility index (Phi) is 3.45. The van der Waals surface area contributed by atoms with Gasteiger partial charge in [-0.2, -0.15) is 0 Å². The third kappa shape index (κ3) is 1.97. The van der Waals surface area contributed by atoms with Gasteiger partial charge in [0, 0.05) is 29.0 Å². The van der Waals surface area contributed by atoms with Crippen molar-refractivity contribution in [1.29, 1.82) is 0 Å². The highest BCUT2D eigenvalue weighted by atomic mass is 35.5. The number of hydrogen-bond acceptors (Lipinski definition) is 4. The molecule has 1 aliphatic heterocycles. The first-order valence-electron chi connectivity index (χ1n) is 4.69. The molecule has 1 aliphatic rings. The number of fused-ring (bicyclic) bond motifs is 1. The van der Waals surface area contributed by atoms with Crippen LogP contribution in [-0.2, 0) is 9.54 Å². The number of aliphatic carboxylic acids is 1. The van der Waals surface area contributed by atoms with E-state index in [0.29, 0.717) is 10.6 Å². The summed E-state index contributed by atoms with van der Waals surface area (Å²) >= 11 is 12.1. The lowest BCUT2D eigenvalue weighted by molar-refractivity contribution is -0.141. The Hall–Kier alpha value is -0.620. The van der Waals surface area contributed by atoms with Gasteiger partial charge in [-0.3, -0.25) is 4.79 Å². The highest BCUT2D eigenvalue weighted by Crippen LogP contribution is 2.49. The van der Waals surface area contributed by atoms with E-state index in [1.807, 2.05) is 0 Å². The van der Waals surface area contributed by atoms with Gasteiger partial charge in [0.05, 0.1) is 11.6 Å². The van der Waals surface area contributed by atoms with Crippen molar-refractivity contribution in [3.05, 3.63) is 27.7 Å². The monoisotopic (exact) mass is 294 g/mol. The number of halogens is 2. The number of benzene rings is 1. The zero-order chi connectivity index (χ0) is 12.6. The lowest BCUT2D eigenvalue weighted by Crippen LogP contribution is -2.37. The molecule has 1 aromatic carbocycles. The van der Waals surface area contributed by atoms with Gasteiger partial charge in [-0.1, -0.05) is 23.2 Å². The highest BCUT2D eigenvalue weighted by Gasteiger charge is 2.47. The van der Waals surface area contributed by atoms with Crippen LogP contribution in [0.5, 0.6) is 5.75 Å². The van der Waals surface area contributed by atoms with Crippen LogP contribution in [0.15, 0.2) is 12.1 Å². The first kappa shape index (κ1) is 12.8. The maximum Gasteiger partial charge on any atom is 0.327 e. The molecule has 0 saturated heterocycles. The molecule has 92 valence electrons. The molecule has 0 radical (unpaired) electrons. The van der Waals surface area contributed by atoms with Gasteiger partial charge in [-0.15, -0.1) is 0 Å². The normalized spacial score (nSPS) is 22.8. The summed E-state index contributed by atoms with van der Waals surface area (Å²) in [5, 5.41) is 9.84. The van der Waals surface area contributed by atoms with Crippen LogP contribution in [0.1, 0.15) is 12.0 Å². The summed E-state index contributed by atoms with van der Waals surface area (Å²) in [6.45, 7) is 0.175. The van der Waals surface area contributed by atoms with Crippen molar-refractivity contribution in [3.63, 3.8) is 0 Å². The Morgan fingerprint density at radius 1 is 1.47 bits per heavy atom. The van der Waals surface area contributed by atoms with Crippen LogP contribution in [0.3, 0.4) is 0 Å². The van der Waals surface area contributed by atoms with Crippen LogP contribution in [0.2, 0.25) is 10.0 Å². The minimum absolute atomic E-state index is 0.146. The molecular formula is C10H8Cl2O4S. The zero-order valence-electron chi connectivity index (χ0n) is 8.44. The number of rotatable bonds is 2. The molecule has 1 aromatic rings. The van der Waals surface area contributed by atoms with Crippen molar-refractivity contribution in [2.45, 2.75) is 11.2 Å². The minimum atomic E-state index is -1.47. The molecule has 0 spiro atoms. The molecule has 17 heavy (non-hydrogen) atoms. The second-order valence-electron chi connectivity index (χ2n) is 3.59. The van der Waals surface area contributed by atoms with Crippen LogP contribution in [0.25, 0.3) is 0 Å². The van der Waals surface area contributed by atoms with Crippen molar-refractivity contribution >= 4 is 41.2 Å². The fourth-order valence-electron chi connectivity index (χ4n) is 1.79. The summed E-state index contributed by atoms with van der Waals surface area (Å²) in [7, 11) is 0. The van der Waals surface area contributed by atoms with Crippen molar-refractivity contribution in [2.24, 2.45) is 0 Å². The summed E-state index contributed by atoms with van der Waals surface area (Å²) in [5.41, 5.74) is 0.293. The minimum Gasteiger partial charge on any atom is -0.492 e. The first-order valence-corrected chi connectivity index (χ1v) is 6.22. The predicted octanol–water partition coefficient (Wildman–Crippen LogP) is 3.26. The second kappa shape index (κ2) is 4.57. The molecule has 0 amide bonds. The summed E-state index contributed by atoms with van der Waals surface area (Å²) in [4.78, 5) is 11.4. The van der Waals surface area contributed by atoms with Gasteiger partial charge in [0.15, 0.2) is 4.75 Å². The van der Waals surface area contributed by atoms with Gasteiger partial charge in [0.25, 0.3) is 0 Å². The zero-order valence-corrected chi connectivity index (χ0v) is 10.8. The van der Waals surface area contributed by atoms with Gasteiger partial charge in [0.1, 0.15) is 5.75 Å². The van der Waals surface area contributed by atoms with E-state index in [-0.39, 0.29) is 35.8 Å². The van der Waals surface area contributed by atoms with Crippen molar-refractivity contribution < 1.29 is 19.2 Å². The van der Waals surface area contributed by atoms with E-state index in [1.54, 1.807) is 0 Å². The Labute approximate surface area is 112 Å². The fraction of sp³-hybridized carbons (Fsp3) is 0.300. The van der Waals surface area contributed by atoms with Crippen LogP contribution in [0, 0.1) is 0 Å². The average Bonchev–Trinajstić information content (AvgIpc) is 2.28. The predicted molar refractivity (Wildman–Crippen MR) is 66.1 cm³/mol. The number of hydrogen-bond donors (Lipinski definition) is 2. The SMILES string of the molecule is O=C(O)[C@]1(SO)CCOc2c(Cl)cc(Cl)cc21. The molecule has 7 heteroatoms. The maximum absolute atomic E-state index is 11.4. The Morgan fingerprint density at radius 3 is 2.76 bits per heavy atom. The first-order chi connectivity index (χ1) is 8.01. The number of carboxylic acid groups (broad SMARTS) is 1. The smallest absolute Gasteiger partial charge is 0.327 e. The molecule has 0 unspecified atom stereocenters. The third-order valence-corrected chi connectivity index (χ3v) is 4.05. The molecule has 1 heterocycles. The van der Waals surface area contributed by atoms with Gasteiger partial charge < -0.3 is 14.4 Å². The fourth-order valence-corrected chi connectivity index (χ4v) is 2.85. The molecule has 1 atom stereocenters. The molecule has 0 aromatic heterocycles. The quantitative estimate of drug-likeness (QED) is 0.820. The third-order valence-electron chi connectivity index (χ3n) is 2.65. The van der Waals surface area contributed by atoms with Crippen LogP contribution in [-0.4, -0.2) is 22.2 Å². The lowest BCUT2D eigenvalue weighted by atomic mass is 9.92. The van der Waals surface area contributed by atoms with Crippen molar-refractivity contribution in [3.8, 4) is 5.75 Å². The van der Waals surface area contributed by atoms with Gasteiger partial charge in [-0.25, -0.2) is 0 Å². The van der Waals surface area contributed by atoms with Crippen molar-refractivity contribution in [1.82, 2.24) is 0 Å². The van der Waals surface area contributed by atoms with E-state index < -0.39 is 10.7 Å². The lowest BCUT2D eigenvalue weighted by Gasteiger charge is -2.32. The molecule has 0 saturated carbocycles. The Bertz CT molecular complexity index is 480. The molecule has 2 N–H and O–H groups in total. The second-order valence-corrected chi connectivity index (χ2v) is 5.31. The van der Waals surface area contributed by atoms with Gasteiger partial charge in [-0.05, 0) is 12.1 Å². The maximum atomic E-state index is 11.4. The van der Waals surface area contributed by atoms with Crippen LogP contribution < -0.4 is 4.74 Å². The molecule has 0 bridgehead atoms. The van der Waals surface area contributed by atoms with Crippen molar-refractivity contribution in [2.75, 3.05) is 6.61 Å². The van der Waals surface area contributed by atoms with E-state index in [1.165, 1.54) is 12.1 Å². The highest BCUT2D eigenvalue weighted by molar-refractivity contribution is 7.95. The van der Waals surface area contributed by atoms with E-state index in [4.69, 9.17) is 27.9 Å².